The zero-order valence-electron chi connectivity index (χ0n) is 11.4. The Kier molecular flexibility index (Phi) is 3.81. The van der Waals surface area contributed by atoms with Crippen LogP contribution < -0.4 is 11.2 Å². The number of nitrogens with one attached hydrogen (secondary N) is 1. The standard InChI is InChI=1S/C12H17FN2O5/c1-6-4-15(11(18)14-9(6)17)10-12(2,13)8(16)7(20-10)5-19-3/h4,7-8,10,16H,5H2,1-3H3,(H,14,17,18)/t7-,8-,10-,12-/m1/s1. The van der Waals surface area contributed by atoms with Crippen molar-refractivity contribution in [2.45, 2.75) is 38.0 Å². The zero-order valence-corrected chi connectivity index (χ0v) is 11.4. The van der Waals surface area contributed by atoms with E-state index in [9.17, 15) is 19.1 Å². The lowest BCUT2D eigenvalue weighted by Crippen LogP contribution is -2.44. The fraction of sp³-hybridized carbons (Fsp3) is 0.667. The van der Waals surface area contributed by atoms with Crippen LogP contribution in [0.2, 0.25) is 0 Å². The summed E-state index contributed by atoms with van der Waals surface area (Å²) in [6, 6.07) is 0. The van der Waals surface area contributed by atoms with Gasteiger partial charge in [-0.15, -0.1) is 0 Å². The zero-order chi connectivity index (χ0) is 15.1. The molecule has 0 bridgehead atoms. The second kappa shape index (κ2) is 5.12. The van der Waals surface area contributed by atoms with E-state index in [0.717, 1.165) is 11.5 Å². The van der Waals surface area contributed by atoms with Crippen LogP contribution in [0.15, 0.2) is 15.8 Å². The molecule has 4 atom stereocenters. The summed E-state index contributed by atoms with van der Waals surface area (Å²) in [5.41, 5.74) is -3.27. The Morgan fingerprint density at radius 3 is 2.85 bits per heavy atom. The third-order valence-electron chi connectivity index (χ3n) is 3.45. The summed E-state index contributed by atoms with van der Waals surface area (Å²) in [4.78, 5) is 25.2. The van der Waals surface area contributed by atoms with Crippen molar-refractivity contribution in [2.24, 2.45) is 0 Å². The van der Waals surface area contributed by atoms with Gasteiger partial charge in [0.25, 0.3) is 5.56 Å². The number of aliphatic hydroxyl groups is 1. The second-order valence-electron chi connectivity index (χ2n) is 5.06. The number of aliphatic hydroxyl groups excluding tert-OH is 1. The molecule has 0 aromatic carbocycles. The van der Waals surface area contributed by atoms with Crippen LogP contribution in [0.25, 0.3) is 0 Å². The van der Waals surface area contributed by atoms with Gasteiger partial charge in [-0.25, -0.2) is 9.18 Å². The molecule has 2 rings (SSSR count). The van der Waals surface area contributed by atoms with Gasteiger partial charge in [0.15, 0.2) is 11.9 Å². The topological polar surface area (TPSA) is 93.5 Å². The number of methoxy groups -OCH3 is 1. The molecule has 0 spiro atoms. The molecule has 1 fully saturated rings. The van der Waals surface area contributed by atoms with E-state index < -0.39 is 35.4 Å². The number of halogens is 1. The molecule has 0 radical (unpaired) electrons. The Labute approximate surface area is 114 Å². The number of aryl methyl sites for hydroxylation is 1. The molecule has 1 aromatic heterocycles. The quantitative estimate of drug-likeness (QED) is 0.780. The normalized spacial score (nSPS) is 33.5. The fourth-order valence-electron chi connectivity index (χ4n) is 2.28. The number of aromatic nitrogens is 2. The van der Waals surface area contributed by atoms with Crippen molar-refractivity contribution in [3.05, 3.63) is 32.6 Å². The van der Waals surface area contributed by atoms with Gasteiger partial charge in [-0.05, 0) is 13.8 Å². The Balaban J connectivity index is 2.45. The van der Waals surface area contributed by atoms with Crippen LogP contribution >= 0.6 is 0 Å². The minimum Gasteiger partial charge on any atom is -0.387 e. The molecule has 0 amide bonds. The molecule has 8 heteroatoms. The number of H-pyrrole nitrogens is 1. The predicted octanol–water partition coefficient (Wildman–Crippen LogP) is -0.522. The minimum atomic E-state index is -2.18. The number of hydrogen-bond acceptors (Lipinski definition) is 5. The first-order valence-electron chi connectivity index (χ1n) is 6.12. The molecular formula is C12H17FN2O5. The van der Waals surface area contributed by atoms with E-state index >= 15 is 0 Å². The summed E-state index contributed by atoms with van der Waals surface area (Å²) in [5.74, 6) is 0. The van der Waals surface area contributed by atoms with Crippen molar-refractivity contribution < 1.29 is 19.0 Å². The van der Waals surface area contributed by atoms with E-state index in [2.05, 4.69) is 4.98 Å². The average molecular weight is 288 g/mol. The van der Waals surface area contributed by atoms with E-state index in [-0.39, 0.29) is 12.2 Å². The third kappa shape index (κ3) is 2.30. The number of hydrogen-bond donors (Lipinski definition) is 2. The smallest absolute Gasteiger partial charge is 0.330 e. The van der Waals surface area contributed by atoms with Crippen LogP contribution in [-0.4, -0.2) is 46.3 Å². The van der Waals surface area contributed by atoms with Gasteiger partial charge in [-0.3, -0.25) is 14.3 Å². The lowest BCUT2D eigenvalue weighted by molar-refractivity contribution is -0.0662. The van der Waals surface area contributed by atoms with Crippen molar-refractivity contribution in [2.75, 3.05) is 13.7 Å². The van der Waals surface area contributed by atoms with E-state index in [1.807, 2.05) is 0 Å². The molecule has 1 aliphatic rings. The summed E-state index contributed by atoms with van der Waals surface area (Å²) >= 11 is 0. The number of ether oxygens (including phenoxy) is 2. The molecule has 0 saturated carbocycles. The Bertz CT molecular complexity index is 609. The molecule has 2 heterocycles. The van der Waals surface area contributed by atoms with Gasteiger partial charge in [0.1, 0.15) is 12.2 Å². The highest BCUT2D eigenvalue weighted by Crippen LogP contribution is 2.40. The van der Waals surface area contributed by atoms with Gasteiger partial charge in [-0.2, -0.15) is 0 Å². The van der Waals surface area contributed by atoms with Crippen LogP contribution in [0.1, 0.15) is 18.7 Å². The molecule has 20 heavy (non-hydrogen) atoms. The third-order valence-corrected chi connectivity index (χ3v) is 3.45. The lowest BCUT2D eigenvalue weighted by Gasteiger charge is -2.25. The summed E-state index contributed by atoms with van der Waals surface area (Å²) in [6.07, 6.45) is -2.45. The minimum absolute atomic E-state index is 0.00569. The highest BCUT2D eigenvalue weighted by Gasteiger charge is 2.55. The average Bonchev–Trinajstić information content (AvgIpc) is 2.58. The van der Waals surface area contributed by atoms with Gasteiger partial charge in [0, 0.05) is 18.9 Å². The SMILES string of the molecule is COC[C@H]1O[C@@H](n2cc(C)c(=O)[nH]c2=O)[C@](C)(F)[C@@H]1O. The summed E-state index contributed by atoms with van der Waals surface area (Å²) in [6.45, 7) is 2.63. The fourth-order valence-corrected chi connectivity index (χ4v) is 2.28. The molecule has 0 aliphatic carbocycles. The maximum Gasteiger partial charge on any atom is 0.330 e. The lowest BCUT2D eigenvalue weighted by atomic mass is 9.98. The van der Waals surface area contributed by atoms with E-state index in [0.29, 0.717) is 0 Å². The largest absolute Gasteiger partial charge is 0.387 e. The van der Waals surface area contributed by atoms with Crippen molar-refractivity contribution in [3.63, 3.8) is 0 Å². The van der Waals surface area contributed by atoms with Crippen molar-refractivity contribution >= 4 is 0 Å². The second-order valence-corrected chi connectivity index (χ2v) is 5.06. The monoisotopic (exact) mass is 288 g/mol. The summed E-state index contributed by atoms with van der Waals surface area (Å²) in [7, 11) is 1.40. The Hall–Kier alpha value is -1.51. The van der Waals surface area contributed by atoms with Crippen LogP contribution in [0.4, 0.5) is 4.39 Å². The van der Waals surface area contributed by atoms with E-state index in [1.165, 1.54) is 20.2 Å². The number of nitrogens with zero attached hydrogens (tertiary/aromatic N) is 1. The molecule has 1 aliphatic heterocycles. The van der Waals surface area contributed by atoms with E-state index in [1.54, 1.807) is 0 Å². The molecule has 1 aromatic rings. The van der Waals surface area contributed by atoms with Crippen molar-refractivity contribution in [3.8, 4) is 0 Å². The van der Waals surface area contributed by atoms with Gasteiger partial charge in [-0.1, -0.05) is 0 Å². The first-order chi connectivity index (χ1) is 9.28. The summed E-state index contributed by atoms with van der Waals surface area (Å²) < 4.78 is 25.8. The van der Waals surface area contributed by atoms with Crippen LogP contribution in [0.5, 0.6) is 0 Å². The van der Waals surface area contributed by atoms with Gasteiger partial charge >= 0.3 is 5.69 Å². The Morgan fingerprint density at radius 2 is 2.25 bits per heavy atom. The van der Waals surface area contributed by atoms with Crippen molar-refractivity contribution in [1.29, 1.82) is 0 Å². The van der Waals surface area contributed by atoms with Gasteiger partial charge in [0.05, 0.1) is 6.61 Å². The first-order valence-corrected chi connectivity index (χ1v) is 6.12. The number of rotatable bonds is 3. The van der Waals surface area contributed by atoms with E-state index in [4.69, 9.17) is 9.47 Å². The molecule has 1 saturated heterocycles. The highest BCUT2D eigenvalue weighted by atomic mass is 19.1. The van der Waals surface area contributed by atoms with Crippen LogP contribution in [0, 0.1) is 6.92 Å². The van der Waals surface area contributed by atoms with Crippen molar-refractivity contribution in [1.82, 2.24) is 9.55 Å². The van der Waals surface area contributed by atoms with Gasteiger partial charge < -0.3 is 14.6 Å². The highest BCUT2D eigenvalue weighted by molar-refractivity contribution is 5.06. The Morgan fingerprint density at radius 1 is 1.60 bits per heavy atom. The van der Waals surface area contributed by atoms with Crippen LogP contribution in [-0.2, 0) is 9.47 Å². The molecule has 7 nitrogen and oxygen atoms in total. The number of alkyl halides is 1. The van der Waals surface area contributed by atoms with Crippen LogP contribution in [0.3, 0.4) is 0 Å². The maximum atomic E-state index is 14.7. The summed E-state index contributed by atoms with van der Waals surface area (Å²) in [5, 5.41) is 9.93. The molecule has 2 N–H and O–H groups in total. The maximum absolute atomic E-state index is 14.7. The molecular weight excluding hydrogens is 271 g/mol. The number of aromatic amines is 1. The van der Waals surface area contributed by atoms with Gasteiger partial charge in [0.2, 0.25) is 0 Å². The molecule has 112 valence electrons. The first kappa shape index (κ1) is 14.9. The molecule has 0 unspecified atom stereocenters. The predicted molar refractivity (Wildman–Crippen MR) is 67.4 cm³/mol.